The normalized spacial score (nSPS) is 18.6. The van der Waals surface area contributed by atoms with Gasteiger partial charge in [-0.2, -0.15) is 0 Å². The Bertz CT molecular complexity index is 563. The second-order valence-electron chi connectivity index (χ2n) is 4.83. The van der Waals surface area contributed by atoms with Crippen LogP contribution in [0.1, 0.15) is 12.2 Å². The third kappa shape index (κ3) is 1.99. The van der Waals surface area contributed by atoms with E-state index in [4.69, 9.17) is 0 Å². The van der Waals surface area contributed by atoms with Crippen LogP contribution in [0, 0.1) is 5.92 Å². The molecule has 2 N–H and O–H groups in total. The summed E-state index contributed by atoms with van der Waals surface area (Å²) in [7, 11) is 0. The van der Waals surface area contributed by atoms with Gasteiger partial charge in [0.05, 0.1) is 5.69 Å². The number of aliphatic hydroxyl groups is 1. The van der Waals surface area contributed by atoms with Gasteiger partial charge in [-0.05, 0) is 18.6 Å². The summed E-state index contributed by atoms with van der Waals surface area (Å²) < 4.78 is 2.11. The maximum absolute atomic E-state index is 9.49. The molecule has 4 nitrogen and oxygen atoms in total. The number of aromatic hydroxyl groups is 1. The third-order valence-corrected chi connectivity index (χ3v) is 3.49. The van der Waals surface area contributed by atoms with Gasteiger partial charge in [0, 0.05) is 37.3 Å². The highest BCUT2D eigenvalue weighted by Gasteiger charge is 2.20. The lowest BCUT2D eigenvalue weighted by Crippen LogP contribution is -2.22. The van der Waals surface area contributed by atoms with Gasteiger partial charge in [0.25, 0.3) is 0 Å². The van der Waals surface area contributed by atoms with Crippen molar-refractivity contribution in [3.8, 4) is 17.0 Å². The van der Waals surface area contributed by atoms with Gasteiger partial charge in [-0.3, -0.25) is 0 Å². The van der Waals surface area contributed by atoms with Crippen LogP contribution in [-0.4, -0.2) is 26.4 Å². The molecule has 0 radical (unpaired) electrons. The molecule has 1 unspecified atom stereocenters. The summed E-state index contributed by atoms with van der Waals surface area (Å²) in [5.41, 5.74) is 1.82. The average molecular weight is 244 g/mol. The Balaban J connectivity index is 1.94. The number of benzene rings is 1. The molecule has 1 aromatic heterocycles. The van der Waals surface area contributed by atoms with Gasteiger partial charge in [0.15, 0.2) is 0 Å². The molecule has 0 aliphatic carbocycles. The van der Waals surface area contributed by atoms with Gasteiger partial charge >= 0.3 is 0 Å². The topological polar surface area (TPSA) is 58.3 Å². The third-order valence-electron chi connectivity index (χ3n) is 3.49. The van der Waals surface area contributed by atoms with Crippen molar-refractivity contribution in [3.05, 3.63) is 36.3 Å². The van der Waals surface area contributed by atoms with Crippen molar-refractivity contribution < 1.29 is 10.2 Å². The largest absolute Gasteiger partial charge is 0.508 e. The van der Waals surface area contributed by atoms with Crippen molar-refractivity contribution in [1.29, 1.82) is 0 Å². The second kappa shape index (κ2) is 4.46. The van der Waals surface area contributed by atoms with Gasteiger partial charge < -0.3 is 14.8 Å². The summed E-state index contributed by atoms with van der Waals surface area (Å²) in [5.74, 6) is 1.66. The SMILES string of the molecule is OCC1CCc2nc(-c3cccc(O)c3)cn2C1. The molecular weight excluding hydrogens is 228 g/mol. The minimum absolute atomic E-state index is 0.235. The molecule has 1 aliphatic rings. The van der Waals surface area contributed by atoms with Crippen molar-refractivity contribution in [2.24, 2.45) is 5.92 Å². The quantitative estimate of drug-likeness (QED) is 0.847. The van der Waals surface area contributed by atoms with E-state index in [9.17, 15) is 10.2 Å². The Morgan fingerprint density at radius 1 is 1.39 bits per heavy atom. The number of fused-ring (bicyclic) bond motifs is 1. The second-order valence-corrected chi connectivity index (χ2v) is 4.83. The molecule has 1 atom stereocenters. The van der Waals surface area contributed by atoms with Gasteiger partial charge in [0.1, 0.15) is 11.6 Å². The lowest BCUT2D eigenvalue weighted by molar-refractivity contribution is 0.190. The lowest BCUT2D eigenvalue weighted by atomic mass is 10.0. The molecule has 1 aliphatic heterocycles. The van der Waals surface area contributed by atoms with Crippen molar-refractivity contribution in [2.45, 2.75) is 19.4 Å². The molecule has 0 saturated carbocycles. The standard InChI is InChI=1S/C14H16N2O2/c17-9-10-4-5-14-15-13(8-16(14)7-10)11-2-1-3-12(18)6-11/h1-3,6,8,10,17-18H,4-5,7,9H2. The number of imidazole rings is 1. The van der Waals surface area contributed by atoms with Crippen LogP contribution >= 0.6 is 0 Å². The van der Waals surface area contributed by atoms with E-state index >= 15 is 0 Å². The Hall–Kier alpha value is -1.81. The highest BCUT2D eigenvalue weighted by atomic mass is 16.3. The summed E-state index contributed by atoms with van der Waals surface area (Å²) in [6.45, 7) is 1.07. The van der Waals surface area contributed by atoms with Crippen LogP contribution in [-0.2, 0) is 13.0 Å². The van der Waals surface area contributed by atoms with E-state index in [-0.39, 0.29) is 12.4 Å². The monoisotopic (exact) mass is 244 g/mol. The Kier molecular flexibility index (Phi) is 2.80. The van der Waals surface area contributed by atoms with Gasteiger partial charge in [-0.25, -0.2) is 4.98 Å². The number of aryl methyl sites for hydroxylation is 1. The zero-order valence-corrected chi connectivity index (χ0v) is 10.1. The molecule has 2 aromatic rings. The Morgan fingerprint density at radius 2 is 2.28 bits per heavy atom. The summed E-state index contributed by atoms with van der Waals surface area (Å²) in [6, 6.07) is 7.14. The maximum Gasteiger partial charge on any atom is 0.116 e. The fourth-order valence-electron chi connectivity index (χ4n) is 2.47. The minimum atomic E-state index is 0.235. The van der Waals surface area contributed by atoms with Crippen molar-refractivity contribution in [1.82, 2.24) is 9.55 Å². The first kappa shape index (κ1) is 11.3. The van der Waals surface area contributed by atoms with Gasteiger partial charge in [0.2, 0.25) is 0 Å². The van der Waals surface area contributed by atoms with Crippen LogP contribution in [0.2, 0.25) is 0 Å². The van der Waals surface area contributed by atoms with Crippen molar-refractivity contribution >= 4 is 0 Å². The summed E-state index contributed by atoms with van der Waals surface area (Å²) in [6.07, 6.45) is 3.91. The number of phenolic OH excluding ortho intramolecular Hbond substituents is 1. The van der Waals surface area contributed by atoms with Crippen LogP contribution < -0.4 is 0 Å². The first-order chi connectivity index (χ1) is 8.76. The molecule has 0 saturated heterocycles. The fourth-order valence-corrected chi connectivity index (χ4v) is 2.47. The van der Waals surface area contributed by atoms with Crippen LogP contribution in [0.3, 0.4) is 0 Å². The van der Waals surface area contributed by atoms with E-state index in [1.807, 2.05) is 18.3 Å². The first-order valence-electron chi connectivity index (χ1n) is 6.22. The molecule has 2 heterocycles. The molecule has 4 heteroatoms. The molecule has 18 heavy (non-hydrogen) atoms. The number of rotatable bonds is 2. The lowest BCUT2D eigenvalue weighted by Gasteiger charge is -2.21. The van der Waals surface area contributed by atoms with Gasteiger partial charge in [-0.1, -0.05) is 12.1 Å². The zero-order valence-electron chi connectivity index (χ0n) is 10.1. The van der Waals surface area contributed by atoms with Crippen LogP contribution in [0.5, 0.6) is 5.75 Å². The molecule has 0 amide bonds. The summed E-state index contributed by atoms with van der Waals surface area (Å²) in [4.78, 5) is 4.60. The van der Waals surface area contributed by atoms with Crippen molar-refractivity contribution in [3.63, 3.8) is 0 Å². The molecule has 94 valence electrons. The van der Waals surface area contributed by atoms with Crippen LogP contribution in [0.4, 0.5) is 0 Å². The number of nitrogens with zero attached hydrogens (tertiary/aromatic N) is 2. The maximum atomic E-state index is 9.49. The Labute approximate surface area is 106 Å². The van der Waals surface area contributed by atoms with E-state index in [0.29, 0.717) is 5.92 Å². The number of hydrogen-bond acceptors (Lipinski definition) is 3. The average Bonchev–Trinajstić information content (AvgIpc) is 2.81. The summed E-state index contributed by atoms with van der Waals surface area (Å²) in [5, 5.41) is 18.7. The van der Waals surface area contributed by atoms with Crippen LogP contribution in [0.25, 0.3) is 11.3 Å². The van der Waals surface area contributed by atoms with E-state index < -0.39 is 0 Å². The highest BCUT2D eigenvalue weighted by molar-refractivity contribution is 5.60. The number of hydrogen-bond donors (Lipinski definition) is 2. The molecular formula is C14H16N2O2. The molecule has 0 bridgehead atoms. The van der Waals surface area contributed by atoms with E-state index in [2.05, 4.69) is 9.55 Å². The first-order valence-corrected chi connectivity index (χ1v) is 6.22. The smallest absolute Gasteiger partial charge is 0.116 e. The van der Waals surface area contributed by atoms with E-state index in [1.165, 1.54) is 0 Å². The molecule has 0 spiro atoms. The predicted molar refractivity (Wildman–Crippen MR) is 68.2 cm³/mol. The number of aromatic nitrogens is 2. The van der Waals surface area contributed by atoms with E-state index in [0.717, 1.165) is 36.5 Å². The summed E-state index contributed by atoms with van der Waals surface area (Å²) >= 11 is 0. The molecule has 3 rings (SSSR count). The highest BCUT2D eigenvalue weighted by Crippen LogP contribution is 2.26. The van der Waals surface area contributed by atoms with Crippen molar-refractivity contribution in [2.75, 3.05) is 6.61 Å². The Morgan fingerprint density at radius 3 is 3.06 bits per heavy atom. The zero-order chi connectivity index (χ0) is 12.5. The van der Waals surface area contributed by atoms with Gasteiger partial charge in [-0.15, -0.1) is 0 Å². The minimum Gasteiger partial charge on any atom is -0.508 e. The molecule has 1 aromatic carbocycles. The van der Waals surface area contributed by atoms with Crippen LogP contribution in [0.15, 0.2) is 30.5 Å². The van der Waals surface area contributed by atoms with E-state index in [1.54, 1.807) is 12.1 Å². The fraction of sp³-hybridized carbons (Fsp3) is 0.357. The number of phenols is 1. The molecule has 0 fully saturated rings. The number of aliphatic hydroxyl groups excluding tert-OH is 1. The predicted octanol–water partition coefficient (Wildman–Crippen LogP) is 1.81.